The maximum Gasteiger partial charge on any atom is 0.134 e. The molecule has 1 aliphatic rings. The molecule has 1 aliphatic heterocycles. The minimum Gasteiger partial charge on any atom is -0.465 e. The van der Waals surface area contributed by atoms with E-state index in [-0.39, 0.29) is 0 Å². The van der Waals surface area contributed by atoms with Crippen molar-refractivity contribution in [2.45, 2.75) is 6.42 Å². The van der Waals surface area contributed by atoms with Crippen LogP contribution in [0, 0.1) is 0 Å². The predicted octanol–water partition coefficient (Wildman–Crippen LogP) is 2.88. The van der Waals surface area contributed by atoms with E-state index in [1.54, 1.807) is 12.5 Å². The molecule has 0 fully saturated rings. The van der Waals surface area contributed by atoms with Gasteiger partial charge in [0.05, 0.1) is 12.5 Å². The highest BCUT2D eigenvalue weighted by molar-refractivity contribution is 5.83. The lowest BCUT2D eigenvalue weighted by Gasteiger charge is -2.11. The molecule has 3 rings (SSSR count). The molecule has 0 N–H and O–H groups in total. The number of ether oxygens (including phenoxy) is 1. The number of hydrogen-bond acceptors (Lipinski definition) is 2. The smallest absolute Gasteiger partial charge is 0.134 e. The summed E-state index contributed by atoms with van der Waals surface area (Å²) in [6, 6.07) is 5.87. The van der Waals surface area contributed by atoms with E-state index in [1.165, 1.54) is 5.56 Å². The van der Waals surface area contributed by atoms with Gasteiger partial charge in [0, 0.05) is 10.9 Å². The van der Waals surface area contributed by atoms with Crippen molar-refractivity contribution in [3.63, 3.8) is 0 Å². The fraction of sp³-hybridized carbons (Fsp3) is 0.0909. The summed E-state index contributed by atoms with van der Waals surface area (Å²) in [7, 11) is 0. The Morgan fingerprint density at radius 2 is 2.15 bits per heavy atom. The average Bonchev–Trinajstić information content (AvgIpc) is 2.65. The molecule has 2 nitrogen and oxygen atoms in total. The van der Waals surface area contributed by atoms with E-state index in [1.807, 2.05) is 24.3 Å². The second-order valence-corrected chi connectivity index (χ2v) is 3.07. The SMILES string of the molecule is C1=COc2ccc3occc3c2C1. The van der Waals surface area contributed by atoms with Crippen molar-refractivity contribution in [3.8, 4) is 5.75 Å². The summed E-state index contributed by atoms with van der Waals surface area (Å²) in [5, 5.41) is 1.15. The summed E-state index contributed by atoms with van der Waals surface area (Å²) in [5.74, 6) is 0.941. The Labute approximate surface area is 75.4 Å². The van der Waals surface area contributed by atoms with Crippen molar-refractivity contribution < 1.29 is 9.15 Å². The highest BCUT2D eigenvalue weighted by Crippen LogP contribution is 2.31. The van der Waals surface area contributed by atoms with Gasteiger partial charge < -0.3 is 9.15 Å². The Morgan fingerprint density at radius 3 is 3.15 bits per heavy atom. The van der Waals surface area contributed by atoms with Crippen LogP contribution < -0.4 is 4.74 Å². The van der Waals surface area contributed by atoms with Gasteiger partial charge in [0.25, 0.3) is 0 Å². The van der Waals surface area contributed by atoms with E-state index in [0.717, 1.165) is 23.1 Å². The summed E-state index contributed by atoms with van der Waals surface area (Å²) < 4.78 is 10.7. The largest absolute Gasteiger partial charge is 0.465 e. The zero-order chi connectivity index (χ0) is 8.67. The van der Waals surface area contributed by atoms with Crippen LogP contribution in [0.2, 0.25) is 0 Å². The normalized spacial score (nSPS) is 14.2. The molecule has 0 bridgehead atoms. The molecular weight excluding hydrogens is 164 g/mol. The van der Waals surface area contributed by atoms with E-state index in [4.69, 9.17) is 9.15 Å². The van der Waals surface area contributed by atoms with Crippen LogP contribution in [-0.4, -0.2) is 0 Å². The molecule has 0 spiro atoms. The minimum atomic E-state index is 0.923. The lowest BCUT2D eigenvalue weighted by molar-refractivity contribution is 0.465. The number of furan rings is 1. The fourth-order valence-corrected chi connectivity index (χ4v) is 1.69. The summed E-state index contributed by atoms with van der Waals surface area (Å²) in [5.41, 5.74) is 2.14. The monoisotopic (exact) mass is 172 g/mol. The quantitative estimate of drug-likeness (QED) is 0.609. The molecule has 2 heterocycles. The number of allylic oxidation sites excluding steroid dienone is 1. The van der Waals surface area contributed by atoms with Crippen LogP contribution in [0.1, 0.15) is 5.56 Å². The molecular formula is C11H8O2. The number of fused-ring (bicyclic) bond motifs is 3. The number of rotatable bonds is 0. The van der Waals surface area contributed by atoms with Gasteiger partial charge in [0.15, 0.2) is 0 Å². The second kappa shape index (κ2) is 2.39. The Morgan fingerprint density at radius 1 is 1.15 bits per heavy atom. The molecule has 13 heavy (non-hydrogen) atoms. The van der Waals surface area contributed by atoms with Crippen molar-refractivity contribution in [2.24, 2.45) is 0 Å². The van der Waals surface area contributed by atoms with Crippen molar-refractivity contribution in [1.29, 1.82) is 0 Å². The molecule has 0 unspecified atom stereocenters. The molecule has 1 aromatic carbocycles. The summed E-state index contributed by atoms with van der Waals surface area (Å²) >= 11 is 0. The van der Waals surface area contributed by atoms with Gasteiger partial charge in [-0.3, -0.25) is 0 Å². The van der Waals surface area contributed by atoms with E-state index < -0.39 is 0 Å². The Kier molecular flexibility index (Phi) is 1.25. The lowest BCUT2D eigenvalue weighted by Crippen LogP contribution is -1.95. The maximum absolute atomic E-state index is 5.38. The Hall–Kier alpha value is -1.70. The number of benzene rings is 1. The van der Waals surface area contributed by atoms with Crippen LogP contribution in [0.5, 0.6) is 5.75 Å². The first-order chi connectivity index (χ1) is 6.45. The molecule has 1 aromatic heterocycles. The highest BCUT2D eigenvalue weighted by atomic mass is 16.5. The van der Waals surface area contributed by atoms with Gasteiger partial charge in [-0.15, -0.1) is 0 Å². The predicted molar refractivity (Wildman–Crippen MR) is 49.7 cm³/mol. The van der Waals surface area contributed by atoms with Crippen LogP contribution >= 0.6 is 0 Å². The topological polar surface area (TPSA) is 22.4 Å². The van der Waals surface area contributed by atoms with Crippen molar-refractivity contribution in [2.75, 3.05) is 0 Å². The minimum absolute atomic E-state index is 0.923. The van der Waals surface area contributed by atoms with Crippen molar-refractivity contribution in [1.82, 2.24) is 0 Å². The molecule has 0 amide bonds. The molecule has 0 saturated heterocycles. The van der Waals surface area contributed by atoms with Gasteiger partial charge in [-0.05, 0) is 30.7 Å². The van der Waals surface area contributed by atoms with E-state index in [0.29, 0.717) is 0 Å². The second-order valence-electron chi connectivity index (χ2n) is 3.07. The summed E-state index contributed by atoms with van der Waals surface area (Å²) in [6.07, 6.45) is 6.37. The van der Waals surface area contributed by atoms with Crippen LogP contribution in [0.4, 0.5) is 0 Å². The zero-order valence-corrected chi connectivity index (χ0v) is 6.99. The third-order valence-corrected chi connectivity index (χ3v) is 2.32. The van der Waals surface area contributed by atoms with E-state index >= 15 is 0 Å². The first kappa shape index (κ1) is 6.78. The zero-order valence-electron chi connectivity index (χ0n) is 6.99. The summed E-state index contributed by atoms with van der Waals surface area (Å²) in [6.45, 7) is 0. The molecule has 2 aromatic rings. The Bertz CT molecular complexity index is 480. The van der Waals surface area contributed by atoms with Crippen LogP contribution in [0.25, 0.3) is 11.0 Å². The first-order valence-electron chi connectivity index (χ1n) is 4.26. The van der Waals surface area contributed by atoms with Crippen LogP contribution in [0.15, 0.2) is 41.2 Å². The maximum atomic E-state index is 5.38. The molecule has 0 aliphatic carbocycles. The lowest BCUT2D eigenvalue weighted by atomic mass is 10.1. The third kappa shape index (κ3) is 0.886. The molecule has 2 heteroatoms. The van der Waals surface area contributed by atoms with Gasteiger partial charge in [0.1, 0.15) is 11.3 Å². The average molecular weight is 172 g/mol. The molecule has 0 atom stereocenters. The van der Waals surface area contributed by atoms with Gasteiger partial charge >= 0.3 is 0 Å². The molecule has 0 radical (unpaired) electrons. The van der Waals surface area contributed by atoms with Gasteiger partial charge in [0.2, 0.25) is 0 Å². The van der Waals surface area contributed by atoms with Crippen molar-refractivity contribution in [3.05, 3.63) is 42.4 Å². The fourth-order valence-electron chi connectivity index (χ4n) is 1.69. The van der Waals surface area contributed by atoms with Crippen LogP contribution in [-0.2, 0) is 6.42 Å². The standard InChI is InChI=1S/C11H8O2/c1-2-8-9-5-7-13-11(9)4-3-10(8)12-6-1/h1,3-7H,2H2. The van der Waals surface area contributed by atoms with Gasteiger partial charge in [-0.25, -0.2) is 0 Å². The first-order valence-corrected chi connectivity index (χ1v) is 4.26. The highest BCUT2D eigenvalue weighted by Gasteiger charge is 2.11. The van der Waals surface area contributed by atoms with E-state index in [9.17, 15) is 0 Å². The van der Waals surface area contributed by atoms with Gasteiger partial charge in [-0.2, -0.15) is 0 Å². The molecule has 0 saturated carbocycles. The summed E-state index contributed by atoms with van der Waals surface area (Å²) in [4.78, 5) is 0. The van der Waals surface area contributed by atoms with Gasteiger partial charge in [-0.1, -0.05) is 0 Å². The van der Waals surface area contributed by atoms with Crippen molar-refractivity contribution >= 4 is 11.0 Å². The number of hydrogen-bond donors (Lipinski definition) is 0. The van der Waals surface area contributed by atoms with Crippen LogP contribution in [0.3, 0.4) is 0 Å². The Balaban J connectivity index is 2.38. The molecule has 64 valence electrons. The third-order valence-electron chi connectivity index (χ3n) is 2.32. The van der Waals surface area contributed by atoms with E-state index in [2.05, 4.69) is 0 Å².